The van der Waals surface area contributed by atoms with Crippen molar-refractivity contribution in [2.45, 2.75) is 38.6 Å². The summed E-state index contributed by atoms with van der Waals surface area (Å²) >= 11 is 0. The van der Waals surface area contributed by atoms with E-state index in [1.165, 1.54) is 0 Å². The summed E-state index contributed by atoms with van der Waals surface area (Å²) in [6.07, 6.45) is 3.62. The first-order valence-electron chi connectivity index (χ1n) is 10.5. The molecule has 5 nitrogen and oxygen atoms in total. The SMILES string of the molecule is CCCC(NC(=O)Nc1cccc(C(=O)C2CCN(C)CC2)c1)c1ccccc1. The van der Waals surface area contributed by atoms with Gasteiger partial charge in [0, 0.05) is 17.2 Å². The van der Waals surface area contributed by atoms with Gasteiger partial charge in [-0.25, -0.2) is 4.79 Å². The molecule has 1 saturated heterocycles. The number of nitrogens with one attached hydrogen (secondary N) is 2. The van der Waals surface area contributed by atoms with Crippen LogP contribution in [0.25, 0.3) is 0 Å². The van der Waals surface area contributed by atoms with Crippen molar-refractivity contribution in [1.29, 1.82) is 0 Å². The maximum absolute atomic E-state index is 12.8. The fraction of sp³-hybridized carbons (Fsp3) is 0.417. The number of benzene rings is 2. The molecule has 2 aromatic rings. The minimum absolute atomic E-state index is 0.0368. The molecule has 0 spiro atoms. The van der Waals surface area contributed by atoms with E-state index >= 15 is 0 Å². The van der Waals surface area contributed by atoms with E-state index < -0.39 is 0 Å². The molecule has 1 atom stereocenters. The first kappa shape index (κ1) is 21.1. The Balaban J connectivity index is 1.63. The van der Waals surface area contributed by atoms with E-state index in [1.807, 2.05) is 48.5 Å². The minimum Gasteiger partial charge on any atom is -0.331 e. The first-order chi connectivity index (χ1) is 14.1. The van der Waals surface area contributed by atoms with Crippen molar-refractivity contribution in [3.63, 3.8) is 0 Å². The molecule has 2 aromatic carbocycles. The Labute approximate surface area is 173 Å². The Hall–Kier alpha value is -2.66. The molecule has 0 aromatic heterocycles. The van der Waals surface area contributed by atoms with Crippen LogP contribution in [0.4, 0.5) is 10.5 Å². The lowest BCUT2D eigenvalue weighted by molar-refractivity contribution is 0.0857. The van der Waals surface area contributed by atoms with Gasteiger partial charge in [0.05, 0.1) is 6.04 Å². The van der Waals surface area contributed by atoms with Crippen molar-refractivity contribution >= 4 is 17.5 Å². The Morgan fingerprint density at radius 1 is 1.07 bits per heavy atom. The average molecular weight is 394 g/mol. The van der Waals surface area contributed by atoms with E-state index in [0.717, 1.165) is 44.3 Å². The van der Waals surface area contributed by atoms with Crippen LogP contribution in [0.3, 0.4) is 0 Å². The molecule has 1 aliphatic rings. The van der Waals surface area contributed by atoms with Gasteiger partial charge in [0.25, 0.3) is 0 Å². The second-order valence-electron chi connectivity index (χ2n) is 7.87. The number of hydrogen-bond acceptors (Lipinski definition) is 3. The lowest BCUT2D eigenvalue weighted by atomic mass is 9.89. The minimum atomic E-state index is -0.254. The highest BCUT2D eigenvalue weighted by Crippen LogP contribution is 2.23. The zero-order chi connectivity index (χ0) is 20.6. The van der Waals surface area contributed by atoms with Crippen molar-refractivity contribution < 1.29 is 9.59 Å². The molecule has 1 aliphatic heterocycles. The maximum Gasteiger partial charge on any atom is 0.319 e. The van der Waals surface area contributed by atoms with Gasteiger partial charge < -0.3 is 15.5 Å². The van der Waals surface area contributed by atoms with Crippen molar-refractivity contribution in [2.75, 3.05) is 25.5 Å². The molecule has 0 aliphatic carbocycles. The third kappa shape index (κ3) is 5.91. The maximum atomic E-state index is 12.8. The highest BCUT2D eigenvalue weighted by Gasteiger charge is 2.24. The van der Waals surface area contributed by atoms with E-state index in [0.29, 0.717) is 11.3 Å². The second-order valence-corrected chi connectivity index (χ2v) is 7.87. The lowest BCUT2D eigenvalue weighted by Gasteiger charge is -2.28. The number of hydrogen-bond donors (Lipinski definition) is 2. The highest BCUT2D eigenvalue weighted by atomic mass is 16.2. The number of piperidine rings is 1. The van der Waals surface area contributed by atoms with Crippen LogP contribution in [0.15, 0.2) is 54.6 Å². The van der Waals surface area contributed by atoms with Gasteiger partial charge >= 0.3 is 6.03 Å². The Kier molecular flexibility index (Phi) is 7.42. The summed E-state index contributed by atoms with van der Waals surface area (Å²) in [6.45, 7) is 4.01. The van der Waals surface area contributed by atoms with Gasteiger partial charge in [-0.1, -0.05) is 55.8 Å². The Morgan fingerprint density at radius 2 is 1.79 bits per heavy atom. The third-order valence-corrected chi connectivity index (χ3v) is 5.58. The van der Waals surface area contributed by atoms with E-state index in [1.54, 1.807) is 6.07 Å². The van der Waals surface area contributed by atoms with Crippen molar-refractivity contribution in [1.82, 2.24) is 10.2 Å². The van der Waals surface area contributed by atoms with Crippen LogP contribution in [-0.2, 0) is 0 Å². The smallest absolute Gasteiger partial charge is 0.319 e. The molecule has 1 fully saturated rings. The number of carbonyl (C=O) groups is 2. The number of carbonyl (C=O) groups excluding carboxylic acids is 2. The molecular weight excluding hydrogens is 362 g/mol. The van der Waals surface area contributed by atoms with Crippen LogP contribution >= 0.6 is 0 Å². The molecule has 154 valence electrons. The Morgan fingerprint density at radius 3 is 2.48 bits per heavy atom. The van der Waals surface area contributed by atoms with E-state index in [2.05, 4.69) is 29.5 Å². The van der Waals surface area contributed by atoms with Gasteiger partial charge in [0.1, 0.15) is 0 Å². The summed E-state index contributed by atoms with van der Waals surface area (Å²) in [7, 11) is 2.09. The number of urea groups is 1. The fourth-order valence-corrected chi connectivity index (χ4v) is 3.88. The molecule has 0 radical (unpaired) electrons. The van der Waals surface area contributed by atoms with Gasteiger partial charge in [0.15, 0.2) is 5.78 Å². The first-order valence-corrected chi connectivity index (χ1v) is 10.5. The molecule has 2 N–H and O–H groups in total. The molecule has 2 amide bonds. The second kappa shape index (κ2) is 10.2. The molecule has 3 rings (SSSR count). The van der Waals surface area contributed by atoms with Crippen molar-refractivity contribution in [2.24, 2.45) is 5.92 Å². The lowest BCUT2D eigenvalue weighted by Crippen LogP contribution is -2.34. The summed E-state index contributed by atoms with van der Waals surface area (Å²) < 4.78 is 0. The number of nitrogens with zero attached hydrogens (tertiary/aromatic N) is 1. The molecule has 29 heavy (non-hydrogen) atoms. The van der Waals surface area contributed by atoms with Crippen LogP contribution < -0.4 is 10.6 Å². The average Bonchev–Trinajstić information content (AvgIpc) is 2.74. The molecule has 5 heteroatoms. The molecular formula is C24H31N3O2. The number of amides is 2. The zero-order valence-corrected chi connectivity index (χ0v) is 17.4. The number of anilines is 1. The van der Waals surface area contributed by atoms with Crippen LogP contribution in [-0.4, -0.2) is 36.9 Å². The predicted octanol–water partition coefficient (Wildman–Crippen LogP) is 4.87. The Bertz CT molecular complexity index is 814. The normalized spacial score (nSPS) is 16.2. The van der Waals surface area contributed by atoms with Crippen molar-refractivity contribution in [3.05, 3.63) is 65.7 Å². The fourth-order valence-electron chi connectivity index (χ4n) is 3.88. The van der Waals surface area contributed by atoms with Gasteiger partial charge in [-0.2, -0.15) is 0 Å². The number of rotatable bonds is 7. The number of Topliss-reactive ketones (excluding diaryl/α,β-unsaturated/α-hetero) is 1. The topological polar surface area (TPSA) is 61.4 Å². The molecule has 0 bridgehead atoms. The van der Waals surface area contributed by atoms with Crippen LogP contribution in [0, 0.1) is 5.92 Å². The van der Waals surface area contributed by atoms with Crippen LogP contribution in [0.1, 0.15) is 54.6 Å². The summed E-state index contributed by atoms with van der Waals surface area (Å²) in [5.74, 6) is 0.248. The predicted molar refractivity (Wildman–Crippen MR) is 117 cm³/mol. The van der Waals surface area contributed by atoms with Gasteiger partial charge in [-0.05, 0) is 57.1 Å². The van der Waals surface area contributed by atoms with Gasteiger partial charge in [-0.3, -0.25) is 4.79 Å². The van der Waals surface area contributed by atoms with E-state index in [-0.39, 0.29) is 23.8 Å². The largest absolute Gasteiger partial charge is 0.331 e. The van der Waals surface area contributed by atoms with Crippen LogP contribution in [0.5, 0.6) is 0 Å². The van der Waals surface area contributed by atoms with Gasteiger partial charge in [-0.15, -0.1) is 0 Å². The monoisotopic (exact) mass is 393 g/mol. The number of ketones is 1. The number of likely N-dealkylation sites (tertiary alicyclic amines) is 1. The van der Waals surface area contributed by atoms with Crippen LogP contribution in [0.2, 0.25) is 0 Å². The summed E-state index contributed by atoms with van der Waals surface area (Å²) in [5, 5.41) is 5.95. The highest BCUT2D eigenvalue weighted by molar-refractivity contribution is 5.99. The standard InChI is InChI=1S/C24H31N3O2/c1-3-8-22(18-9-5-4-6-10-18)26-24(29)25-21-12-7-11-20(17-21)23(28)19-13-15-27(2)16-14-19/h4-7,9-12,17,19,22H,3,8,13-16H2,1-2H3,(H2,25,26,29). The van der Waals surface area contributed by atoms with E-state index in [4.69, 9.17) is 0 Å². The van der Waals surface area contributed by atoms with Crippen molar-refractivity contribution in [3.8, 4) is 0 Å². The zero-order valence-electron chi connectivity index (χ0n) is 17.4. The summed E-state index contributed by atoms with van der Waals surface area (Å²) in [6, 6.07) is 17.0. The molecule has 1 heterocycles. The molecule has 0 saturated carbocycles. The third-order valence-electron chi connectivity index (χ3n) is 5.58. The van der Waals surface area contributed by atoms with E-state index in [9.17, 15) is 9.59 Å². The molecule has 1 unspecified atom stereocenters. The summed E-state index contributed by atoms with van der Waals surface area (Å²) in [4.78, 5) is 27.7. The summed E-state index contributed by atoms with van der Waals surface area (Å²) in [5.41, 5.74) is 2.41. The van der Waals surface area contributed by atoms with Gasteiger partial charge in [0.2, 0.25) is 0 Å². The quantitative estimate of drug-likeness (QED) is 0.660.